The number of likely N-dealkylation sites (tertiary alicyclic amines) is 1. The molecule has 1 unspecified atom stereocenters. The zero-order chi connectivity index (χ0) is 11.7. The SMILES string of the molecule is Cc1cc(CN2CC(CCl)CC2=O)nn1C. The highest BCUT2D eigenvalue weighted by Crippen LogP contribution is 2.20. The van der Waals surface area contributed by atoms with E-state index in [1.807, 2.05) is 29.6 Å². The molecular formula is C11H16ClN3O. The predicted molar refractivity (Wildman–Crippen MR) is 62.2 cm³/mol. The third-order valence-electron chi connectivity index (χ3n) is 3.03. The summed E-state index contributed by atoms with van der Waals surface area (Å²) in [7, 11) is 1.91. The van der Waals surface area contributed by atoms with Crippen LogP contribution < -0.4 is 0 Å². The molecule has 0 saturated carbocycles. The minimum absolute atomic E-state index is 0.189. The van der Waals surface area contributed by atoms with Crippen molar-refractivity contribution in [1.82, 2.24) is 14.7 Å². The van der Waals surface area contributed by atoms with Crippen molar-refractivity contribution in [3.8, 4) is 0 Å². The number of carbonyl (C=O) groups excluding carboxylic acids is 1. The quantitative estimate of drug-likeness (QED) is 0.749. The highest BCUT2D eigenvalue weighted by Gasteiger charge is 2.29. The predicted octanol–water partition coefficient (Wildman–Crippen LogP) is 1.32. The number of hydrogen-bond acceptors (Lipinski definition) is 2. The van der Waals surface area contributed by atoms with Crippen LogP contribution in [-0.4, -0.2) is 33.0 Å². The van der Waals surface area contributed by atoms with Crippen molar-refractivity contribution in [3.63, 3.8) is 0 Å². The molecule has 0 spiro atoms. The van der Waals surface area contributed by atoms with Crippen LogP contribution in [0.3, 0.4) is 0 Å². The molecule has 1 amide bonds. The molecule has 88 valence electrons. The van der Waals surface area contributed by atoms with Crippen molar-refractivity contribution in [3.05, 3.63) is 17.5 Å². The lowest BCUT2D eigenvalue weighted by Gasteiger charge is -2.14. The van der Waals surface area contributed by atoms with Gasteiger partial charge in [-0.15, -0.1) is 11.6 Å². The maximum absolute atomic E-state index is 11.7. The van der Waals surface area contributed by atoms with Gasteiger partial charge in [0.15, 0.2) is 0 Å². The van der Waals surface area contributed by atoms with E-state index >= 15 is 0 Å². The lowest BCUT2D eigenvalue weighted by molar-refractivity contribution is -0.128. The van der Waals surface area contributed by atoms with Gasteiger partial charge in [-0.1, -0.05) is 0 Å². The van der Waals surface area contributed by atoms with Gasteiger partial charge in [0, 0.05) is 31.6 Å². The van der Waals surface area contributed by atoms with Crippen LogP contribution in [0.15, 0.2) is 6.07 Å². The van der Waals surface area contributed by atoms with Gasteiger partial charge in [0.25, 0.3) is 0 Å². The fraction of sp³-hybridized carbons (Fsp3) is 0.636. The average molecular weight is 242 g/mol. The Labute approximate surface area is 100 Å². The summed E-state index contributed by atoms with van der Waals surface area (Å²) in [6.45, 7) is 3.37. The van der Waals surface area contributed by atoms with Crippen LogP contribution in [0.1, 0.15) is 17.8 Å². The van der Waals surface area contributed by atoms with Gasteiger partial charge in [0.05, 0.1) is 12.2 Å². The fourth-order valence-electron chi connectivity index (χ4n) is 2.02. The Hall–Kier alpha value is -1.03. The van der Waals surface area contributed by atoms with Crippen molar-refractivity contribution < 1.29 is 4.79 Å². The van der Waals surface area contributed by atoms with Crippen molar-refractivity contribution in [1.29, 1.82) is 0 Å². The van der Waals surface area contributed by atoms with Gasteiger partial charge in [-0.25, -0.2) is 0 Å². The molecule has 1 aliphatic rings. The Morgan fingerprint density at radius 3 is 2.88 bits per heavy atom. The number of alkyl halides is 1. The number of nitrogens with zero attached hydrogens (tertiary/aromatic N) is 3. The van der Waals surface area contributed by atoms with Crippen LogP contribution in [0.25, 0.3) is 0 Å². The number of aromatic nitrogens is 2. The number of amides is 1. The fourth-order valence-corrected chi connectivity index (χ4v) is 2.22. The summed E-state index contributed by atoms with van der Waals surface area (Å²) >= 11 is 5.77. The van der Waals surface area contributed by atoms with Gasteiger partial charge in [-0.05, 0) is 18.9 Å². The van der Waals surface area contributed by atoms with Gasteiger partial charge < -0.3 is 4.90 Å². The molecule has 2 heterocycles. The first-order valence-corrected chi connectivity index (χ1v) is 5.97. The maximum Gasteiger partial charge on any atom is 0.223 e. The standard InChI is InChI=1S/C11H16ClN3O/c1-8-3-10(13-14(8)2)7-15-6-9(5-12)4-11(15)16/h3,9H,4-7H2,1-2H3. The molecule has 1 aromatic heterocycles. The van der Waals surface area contributed by atoms with E-state index in [2.05, 4.69) is 5.10 Å². The summed E-state index contributed by atoms with van der Waals surface area (Å²) in [5, 5.41) is 4.35. The van der Waals surface area contributed by atoms with E-state index in [1.165, 1.54) is 0 Å². The summed E-state index contributed by atoms with van der Waals surface area (Å²) < 4.78 is 1.83. The summed E-state index contributed by atoms with van der Waals surface area (Å²) in [4.78, 5) is 13.5. The smallest absolute Gasteiger partial charge is 0.223 e. The van der Waals surface area contributed by atoms with Gasteiger partial charge in [0.2, 0.25) is 5.91 Å². The molecule has 0 bridgehead atoms. The lowest BCUT2D eigenvalue weighted by atomic mass is 10.1. The van der Waals surface area contributed by atoms with E-state index in [-0.39, 0.29) is 5.91 Å². The first kappa shape index (κ1) is 11.5. The van der Waals surface area contributed by atoms with Crippen LogP contribution in [0.4, 0.5) is 0 Å². The molecule has 1 atom stereocenters. The molecule has 1 fully saturated rings. The molecule has 16 heavy (non-hydrogen) atoms. The summed E-state index contributed by atoms with van der Waals surface area (Å²) in [5.41, 5.74) is 2.05. The number of carbonyl (C=O) groups is 1. The summed E-state index contributed by atoms with van der Waals surface area (Å²) in [5.74, 6) is 1.05. The first-order chi connectivity index (χ1) is 7.60. The van der Waals surface area contributed by atoms with Gasteiger partial charge >= 0.3 is 0 Å². The van der Waals surface area contributed by atoms with Crippen LogP contribution in [0.2, 0.25) is 0 Å². The number of rotatable bonds is 3. The zero-order valence-electron chi connectivity index (χ0n) is 9.61. The first-order valence-electron chi connectivity index (χ1n) is 5.43. The van der Waals surface area contributed by atoms with E-state index in [1.54, 1.807) is 0 Å². The Balaban J connectivity index is 2.02. The van der Waals surface area contributed by atoms with Gasteiger partial charge in [-0.3, -0.25) is 9.48 Å². The van der Waals surface area contributed by atoms with E-state index in [0.717, 1.165) is 17.9 Å². The molecule has 0 radical (unpaired) electrons. The highest BCUT2D eigenvalue weighted by atomic mass is 35.5. The molecule has 0 aliphatic carbocycles. The van der Waals surface area contributed by atoms with E-state index < -0.39 is 0 Å². The Morgan fingerprint density at radius 2 is 2.38 bits per heavy atom. The Kier molecular flexibility index (Phi) is 3.19. The van der Waals surface area contributed by atoms with Crippen molar-refractivity contribution in [2.45, 2.75) is 19.9 Å². The third kappa shape index (κ3) is 2.21. The largest absolute Gasteiger partial charge is 0.336 e. The number of aryl methyl sites for hydroxylation is 2. The van der Waals surface area contributed by atoms with E-state index in [0.29, 0.717) is 24.8 Å². The topological polar surface area (TPSA) is 38.1 Å². The van der Waals surface area contributed by atoms with E-state index in [4.69, 9.17) is 11.6 Å². The monoisotopic (exact) mass is 241 g/mol. The maximum atomic E-state index is 11.7. The number of hydrogen-bond donors (Lipinski definition) is 0. The molecule has 0 aromatic carbocycles. The second-order valence-corrected chi connectivity index (χ2v) is 4.71. The van der Waals surface area contributed by atoms with Gasteiger partial charge in [0.1, 0.15) is 0 Å². The molecule has 1 aliphatic heterocycles. The molecule has 1 aromatic rings. The zero-order valence-corrected chi connectivity index (χ0v) is 10.4. The van der Waals surface area contributed by atoms with Crippen molar-refractivity contribution in [2.75, 3.05) is 12.4 Å². The van der Waals surface area contributed by atoms with Crippen molar-refractivity contribution in [2.24, 2.45) is 13.0 Å². The molecule has 4 nitrogen and oxygen atoms in total. The van der Waals surface area contributed by atoms with Crippen molar-refractivity contribution >= 4 is 17.5 Å². The third-order valence-corrected chi connectivity index (χ3v) is 3.47. The molecule has 0 N–H and O–H groups in total. The lowest BCUT2D eigenvalue weighted by Crippen LogP contribution is -2.25. The highest BCUT2D eigenvalue weighted by molar-refractivity contribution is 6.18. The minimum atomic E-state index is 0.189. The van der Waals surface area contributed by atoms with Crippen LogP contribution in [0, 0.1) is 12.8 Å². The van der Waals surface area contributed by atoms with Gasteiger partial charge in [-0.2, -0.15) is 5.10 Å². The van der Waals surface area contributed by atoms with Crippen LogP contribution in [-0.2, 0) is 18.4 Å². The normalized spacial score (nSPS) is 20.8. The summed E-state index contributed by atoms with van der Waals surface area (Å²) in [6.07, 6.45) is 0.579. The Bertz CT molecular complexity index is 382. The number of halogens is 1. The second-order valence-electron chi connectivity index (χ2n) is 4.40. The minimum Gasteiger partial charge on any atom is -0.336 e. The molecule has 2 rings (SSSR count). The molecule has 5 heteroatoms. The molecule has 1 saturated heterocycles. The average Bonchev–Trinajstić information content (AvgIpc) is 2.73. The summed E-state index contributed by atoms with van der Waals surface area (Å²) in [6, 6.07) is 2.02. The van der Waals surface area contributed by atoms with Crippen LogP contribution >= 0.6 is 11.6 Å². The van der Waals surface area contributed by atoms with Crippen LogP contribution in [0.5, 0.6) is 0 Å². The molecular weight excluding hydrogens is 226 g/mol. The van der Waals surface area contributed by atoms with E-state index in [9.17, 15) is 4.79 Å². The Morgan fingerprint density at radius 1 is 1.62 bits per heavy atom. The second kappa shape index (κ2) is 4.45.